The van der Waals surface area contributed by atoms with Gasteiger partial charge in [-0.15, -0.1) is 0 Å². The Kier molecular flexibility index (Phi) is 17.7. The summed E-state index contributed by atoms with van der Waals surface area (Å²) >= 11 is 0.819. The van der Waals surface area contributed by atoms with Crippen LogP contribution in [0.5, 0.6) is 0 Å². The van der Waals surface area contributed by atoms with Crippen molar-refractivity contribution in [3.8, 4) is 0 Å². The number of benzene rings is 2. The average molecular weight is 592 g/mol. The summed E-state index contributed by atoms with van der Waals surface area (Å²) in [6.45, 7) is 6.77. The minimum absolute atomic E-state index is 0.819. The Morgan fingerprint density at radius 1 is 0.650 bits per heavy atom. The summed E-state index contributed by atoms with van der Waals surface area (Å²) < 4.78 is 10.3. The van der Waals surface area contributed by atoms with Crippen molar-refractivity contribution in [2.24, 2.45) is 0 Å². The number of aryl methyl sites for hydroxylation is 2. The van der Waals surface area contributed by atoms with Crippen molar-refractivity contribution >= 4 is 11.4 Å². The molecule has 0 radical (unpaired) electrons. The number of nitrogens with zero attached hydrogens (tertiary/aromatic N) is 2. The van der Waals surface area contributed by atoms with Gasteiger partial charge in [-0.3, -0.25) is 0 Å². The fourth-order valence-electron chi connectivity index (χ4n) is 5.15. The van der Waals surface area contributed by atoms with Gasteiger partial charge in [0.25, 0.3) is 0 Å². The van der Waals surface area contributed by atoms with Crippen LogP contribution in [0.2, 0.25) is 0 Å². The molecule has 0 bridgehead atoms. The maximum atomic E-state index is 11.5. The van der Waals surface area contributed by atoms with Crippen molar-refractivity contribution in [2.75, 3.05) is 14.2 Å². The van der Waals surface area contributed by atoms with E-state index in [1.54, 1.807) is 14.2 Å². The fourth-order valence-corrected chi connectivity index (χ4v) is 5.31. The zero-order valence-electron chi connectivity index (χ0n) is 25.6. The van der Waals surface area contributed by atoms with Gasteiger partial charge in [-0.1, -0.05) is 96.4 Å². The van der Waals surface area contributed by atoms with Gasteiger partial charge in [0.05, 0.1) is 0 Å². The molecule has 224 valence electrons. The van der Waals surface area contributed by atoms with Gasteiger partial charge in [-0.2, -0.15) is 0 Å². The van der Waals surface area contributed by atoms with Crippen LogP contribution >= 0.6 is 0 Å². The van der Waals surface area contributed by atoms with Crippen LogP contribution in [-0.4, -0.2) is 18.9 Å². The molecule has 2 aromatic carbocycles. The Labute approximate surface area is 251 Å². The Bertz CT molecular complexity index is 1070. The first-order valence-electron chi connectivity index (χ1n) is 15.4. The Hall–Kier alpha value is -2.07. The molecule has 0 atom stereocenters. The third kappa shape index (κ3) is 11.8. The third-order valence-corrected chi connectivity index (χ3v) is 7.60. The van der Waals surface area contributed by atoms with Crippen LogP contribution in [0.15, 0.2) is 60.2 Å². The van der Waals surface area contributed by atoms with Crippen LogP contribution in [0.4, 0.5) is 0 Å². The van der Waals surface area contributed by atoms with Crippen LogP contribution in [-0.2, 0) is 35.7 Å². The first-order chi connectivity index (χ1) is 19.6. The molecule has 40 heavy (non-hydrogen) atoms. The molecule has 3 rings (SSSR count). The molecule has 0 saturated heterocycles. The summed E-state index contributed by atoms with van der Waals surface area (Å²) in [6, 6.07) is 17.6. The van der Waals surface area contributed by atoms with Gasteiger partial charge in [0.1, 0.15) is 0 Å². The van der Waals surface area contributed by atoms with Crippen LogP contribution in [0.25, 0.3) is 16.9 Å². The molecular weight excluding hydrogens is 539 g/mol. The molecule has 0 spiro atoms. The molecule has 0 saturated carbocycles. The number of unbranched alkanes of at least 4 members (excludes halogenated alkanes) is 8. The van der Waals surface area contributed by atoms with Crippen molar-refractivity contribution in [3.63, 3.8) is 0 Å². The van der Waals surface area contributed by atoms with Crippen molar-refractivity contribution in [2.45, 2.75) is 111 Å². The molecule has 1 heterocycles. The maximum absolute atomic E-state index is 11.5. The molecule has 1 aliphatic heterocycles. The minimum atomic E-state index is 0.819. The molecule has 0 aromatic heterocycles. The second-order valence-corrected chi connectivity index (χ2v) is 11.5. The van der Waals surface area contributed by atoms with Crippen molar-refractivity contribution in [1.29, 1.82) is 0 Å². The topological polar surface area (TPSA) is 43.8 Å². The van der Waals surface area contributed by atoms with Gasteiger partial charge >= 0.3 is 37.1 Å². The molecule has 0 N–H and O–H groups in total. The van der Waals surface area contributed by atoms with E-state index in [1.165, 1.54) is 85.6 Å². The van der Waals surface area contributed by atoms with E-state index in [2.05, 4.69) is 83.1 Å². The number of allylic oxidation sites excluding steroid dienone is 2. The first kappa shape index (κ1) is 34.1. The van der Waals surface area contributed by atoms with E-state index in [9.17, 15) is 5.53 Å². The van der Waals surface area contributed by atoms with E-state index >= 15 is 0 Å². The van der Waals surface area contributed by atoms with Crippen LogP contribution < -0.4 is 0 Å². The van der Waals surface area contributed by atoms with Crippen molar-refractivity contribution in [1.82, 2.24) is 0 Å². The van der Waals surface area contributed by atoms with E-state index < -0.39 is 0 Å². The predicted octanol–water partition coefficient (Wildman–Crippen LogP) is 10.5. The standard InChI is InChI=1S/C33H46N2.2CH3O.Ni/c1-4-7-10-13-17-27-19-15-22-29(24-27)32-26-31(21-12-9-6-3)33(35(32)34)30-23-16-20-28(25-30)18-14-11-8-5-2;2*1-2;/h15-16,19-20,22-26H,4-14,17-18,21H2,1-3H3;2*1H3;/q;2*-1;+2. The molecule has 0 fully saturated rings. The zero-order valence-corrected chi connectivity index (χ0v) is 26.6. The summed E-state index contributed by atoms with van der Waals surface area (Å²) in [7, 11) is 3.12. The molecule has 2 aromatic rings. The Morgan fingerprint density at radius 2 is 1.15 bits per heavy atom. The second kappa shape index (κ2) is 20.8. The molecular formula is C35H52N2NiO2. The molecule has 5 heteroatoms. The fraction of sp³-hybridized carbons (Fsp3) is 0.543. The predicted molar refractivity (Wildman–Crippen MR) is 165 cm³/mol. The SMILES string of the molecule is CCCCCCc1cccc(C2=CC(CCCCC)=C(c3cccc(CCCCCC)c3)[N+]2=[N-])c1.C[O][Ni][O]C. The van der Waals surface area contributed by atoms with Crippen molar-refractivity contribution in [3.05, 3.63) is 88.0 Å². The Morgan fingerprint density at radius 3 is 1.68 bits per heavy atom. The van der Waals surface area contributed by atoms with Gasteiger partial charge in [0.2, 0.25) is 11.4 Å². The second-order valence-electron chi connectivity index (χ2n) is 10.5. The van der Waals surface area contributed by atoms with E-state index in [-0.39, 0.29) is 0 Å². The average Bonchev–Trinajstić information content (AvgIpc) is 3.30. The van der Waals surface area contributed by atoms with Gasteiger partial charge in [-0.25, -0.2) is 4.70 Å². The molecule has 0 aliphatic carbocycles. The number of hydrogen-bond donors (Lipinski definition) is 0. The summed E-state index contributed by atoms with van der Waals surface area (Å²) in [5, 5.41) is 0. The van der Waals surface area contributed by atoms with Crippen LogP contribution in [0.3, 0.4) is 0 Å². The normalized spacial score (nSPS) is 13.0. The van der Waals surface area contributed by atoms with Gasteiger partial charge < -0.3 is 5.53 Å². The monoisotopic (exact) mass is 590 g/mol. The first-order valence-corrected chi connectivity index (χ1v) is 16.2. The van der Waals surface area contributed by atoms with E-state index in [0.717, 1.165) is 63.3 Å². The van der Waals surface area contributed by atoms with Crippen LogP contribution in [0.1, 0.15) is 120 Å². The van der Waals surface area contributed by atoms with E-state index in [0.29, 0.717) is 0 Å². The molecule has 4 nitrogen and oxygen atoms in total. The third-order valence-electron chi connectivity index (χ3n) is 7.27. The quantitative estimate of drug-likeness (QED) is 0.0984. The van der Waals surface area contributed by atoms with Gasteiger partial charge in [-0.05, 0) is 73.9 Å². The Balaban J connectivity index is 0.00000103. The summed E-state index contributed by atoms with van der Waals surface area (Å²) in [5.74, 6) is 0. The van der Waals surface area contributed by atoms with Gasteiger partial charge in [0, 0.05) is 22.8 Å². The van der Waals surface area contributed by atoms with E-state index in [1.807, 2.05) is 0 Å². The summed E-state index contributed by atoms with van der Waals surface area (Å²) in [6.07, 6.45) is 19.2. The summed E-state index contributed by atoms with van der Waals surface area (Å²) in [5.41, 5.74) is 19.6. The van der Waals surface area contributed by atoms with Gasteiger partial charge in [0.15, 0.2) is 0 Å². The zero-order chi connectivity index (χ0) is 29.0. The molecule has 0 unspecified atom stereocenters. The van der Waals surface area contributed by atoms with Crippen LogP contribution in [0, 0.1) is 0 Å². The molecule has 1 aliphatic rings. The molecule has 0 amide bonds. The van der Waals surface area contributed by atoms with E-state index in [4.69, 9.17) is 0 Å². The number of rotatable bonds is 18. The van der Waals surface area contributed by atoms with Crippen molar-refractivity contribution < 1.29 is 27.5 Å². The summed E-state index contributed by atoms with van der Waals surface area (Å²) in [4.78, 5) is 0. The number of hydrogen-bond acceptors (Lipinski definition) is 2.